The van der Waals surface area contributed by atoms with Crippen LogP contribution in [-0.2, 0) is 9.59 Å². The third-order valence-corrected chi connectivity index (χ3v) is 6.31. The van der Waals surface area contributed by atoms with E-state index in [4.69, 9.17) is 25.8 Å². The molecule has 1 aliphatic heterocycles. The molecule has 2 atom stereocenters. The molecular weight excluding hydrogens is 418 g/mol. The van der Waals surface area contributed by atoms with Gasteiger partial charge in [0.15, 0.2) is 17.3 Å². The zero-order valence-electron chi connectivity index (χ0n) is 17.7. The lowest BCUT2D eigenvalue weighted by atomic mass is 9.73. The van der Waals surface area contributed by atoms with Gasteiger partial charge in [0.1, 0.15) is 0 Å². The van der Waals surface area contributed by atoms with Gasteiger partial charge in [-0.2, -0.15) is 0 Å². The third kappa shape index (κ3) is 3.88. The topological polar surface area (TPSA) is 73.9 Å². The van der Waals surface area contributed by atoms with Gasteiger partial charge in [0.2, 0.25) is 11.7 Å². The van der Waals surface area contributed by atoms with Gasteiger partial charge in [0, 0.05) is 35.1 Å². The number of methoxy groups -OCH3 is 3. The van der Waals surface area contributed by atoms with Gasteiger partial charge in [0.05, 0.1) is 21.3 Å². The Labute approximate surface area is 186 Å². The van der Waals surface area contributed by atoms with Crippen LogP contribution >= 0.6 is 11.6 Å². The zero-order valence-corrected chi connectivity index (χ0v) is 18.4. The van der Waals surface area contributed by atoms with E-state index in [-0.39, 0.29) is 29.9 Å². The van der Waals surface area contributed by atoms with Gasteiger partial charge >= 0.3 is 0 Å². The number of nitrogens with one attached hydrogen (secondary N) is 1. The summed E-state index contributed by atoms with van der Waals surface area (Å²) >= 11 is 6.37. The summed E-state index contributed by atoms with van der Waals surface area (Å²) in [7, 11) is 4.62. The Morgan fingerprint density at radius 2 is 1.61 bits per heavy atom. The second-order valence-electron chi connectivity index (χ2n) is 7.71. The fourth-order valence-electron chi connectivity index (χ4n) is 4.57. The highest BCUT2D eigenvalue weighted by Crippen LogP contribution is 2.47. The summed E-state index contributed by atoms with van der Waals surface area (Å²) in [5, 5.41) is 3.57. The van der Waals surface area contributed by atoms with E-state index in [2.05, 4.69) is 5.32 Å². The fraction of sp³-hybridized carbons (Fsp3) is 0.333. The van der Waals surface area contributed by atoms with Crippen molar-refractivity contribution in [3.63, 3.8) is 0 Å². The van der Waals surface area contributed by atoms with Crippen molar-refractivity contribution < 1.29 is 23.8 Å². The number of halogens is 1. The van der Waals surface area contributed by atoms with Crippen LogP contribution in [0.5, 0.6) is 17.2 Å². The quantitative estimate of drug-likeness (QED) is 0.745. The maximum atomic E-state index is 13.3. The van der Waals surface area contributed by atoms with E-state index in [1.807, 2.05) is 36.4 Å². The van der Waals surface area contributed by atoms with Crippen LogP contribution in [0.15, 0.2) is 47.7 Å². The molecule has 4 rings (SSSR count). The lowest BCUT2D eigenvalue weighted by Gasteiger charge is -2.35. The summed E-state index contributed by atoms with van der Waals surface area (Å²) in [5.74, 6) is 0.896. The number of hydrogen-bond acceptors (Lipinski definition) is 5. The van der Waals surface area contributed by atoms with E-state index in [1.54, 1.807) is 14.2 Å². The van der Waals surface area contributed by atoms with Crippen LogP contribution in [0.3, 0.4) is 0 Å². The molecule has 0 spiro atoms. The number of benzene rings is 2. The van der Waals surface area contributed by atoms with Crippen molar-refractivity contribution in [1.82, 2.24) is 5.32 Å². The molecule has 31 heavy (non-hydrogen) atoms. The van der Waals surface area contributed by atoms with Crippen LogP contribution < -0.4 is 19.5 Å². The van der Waals surface area contributed by atoms with E-state index in [1.165, 1.54) is 7.11 Å². The predicted molar refractivity (Wildman–Crippen MR) is 117 cm³/mol. The lowest BCUT2D eigenvalue weighted by molar-refractivity contribution is -0.122. The molecule has 1 heterocycles. The molecule has 2 aliphatic rings. The van der Waals surface area contributed by atoms with Crippen molar-refractivity contribution >= 4 is 23.3 Å². The molecule has 0 saturated heterocycles. The minimum Gasteiger partial charge on any atom is -0.493 e. The highest BCUT2D eigenvalue weighted by Gasteiger charge is 2.39. The molecule has 0 aromatic heterocycles. The van der Waals surface area contributed by atoms with Gasteiger partial charge in [-0.05, 0) is 41.7 Å². The molecule has 2 aromatic rings. The van der Waals surface area contributed by atoms with Gasteiger partial charge in [-0.25, -0.2) is 0 Å². The molecule has 162 valence electrons. The molecule has 7 heteroatoms. The van der Waals surface area contributed by atoms with E-state index >= 15 is 0 Å². The molecular formula is C24H24ClNO5. The van der Waals surface area contributed by atoms with E-state index in [0.29, 0.717) is 46.4 Å². The van der Waals surface area contributed by atoms with Crippen LogP contribution in [0.4, 0.5) is 0 Å². The van der Waals surface area contributed by atoms with E-state index in [9.17, 15) is 9.59 Å². The Hall–Kier alpha value is -2.99. The van der Waals surface area contributed by atoms with Crippen LogP contribution in [0.25, 0.3) is 0 Å². The number of ketones is 1. The van der Waals surface area contributed by atoms with Crippen LogP contribution in [0.2, 0.25) is 5.02 Å². The first-order valence-corrected chi connectivity index (χ1v) is 10.4. The van der Waals surface area contributed by atoms with E-state index in [0.717, 1.165) is 11.1 Å². The molecule has 1 N–H and O–H groups in total. The maximum Gasteiger partial charge on any atom is 0.225 e. The molecule has 0 fully saturated rings. The Kier molecular flexibility index (Phi) is 5.92. The maximum absolute atomic E-state index is 13.3. The minimum atomic E-state index is -0.378. The normalized spacial score (nSPS) is 20.8. The number of allylic oxidation sites excluding steroid dienone is 2. The fourth-order valence-corrected chi connectivity index (χ4v) is 4.86. The number of carbonyl (C=O) groups excluding carboxylic acids is 2. The number of hydrogen-bond donors (Lipinski definition) is 1. The Morgan fingerprint density at radius 3 is 2.23 bits per heavy atom. The number of Topliss-reactive ketones (excluding diaryl/α,β-unsaturated/α-hetero) is 1. The average molecular weight is 442 g/mol. The number of rotatable bonds is 5. The third-order valence-electron chi connectivity index (χ3n) is 5.97. The highest BCUT2D eigenvalue weighted by atomic mass is 35.5. The Morgan fingerprint density at radius 1 is 0.935 bits per heavy atom. The molecule has 1 amide bonds. The summed E-state index contributed by atoms with van der Waals surface area (Å²) in [6.45, 7) is 0. The van der Waals surface area contributed by atoms with Crippen molar-refractivity contribution in [2.75, 3.05) is 21.3 Å². The number of ether oxygens (including phenoxy) is 3. The van der Waals surface area contributed by atoms with Gasteiger partial charge in [-0.15, -0.1) is 0 Å². The Bertz CT molecular complexity index is 1050. The average Bonchev–Trinajstić information content (AvgIpc) is 2.77. The predicted octanol–water partition coefficient (Wildman–Crippen LogP) is 4.37. The first kappa shape index (κ1) is 21.2. The van der Waals surface area contributed by atoms with Crippen molar-refractivity contribution in [2.45, 2.75) is 31.1 Å². The minimum absolute atomic E-state index is 0.0184. The highest BCUT2D eigenvalue weighted by molar-refractivity contribution is 6.31. The largest absolute Gasteiger partial charge is 0.493 e. The molecule has 0 bridgehead atoms. The summed E-state index contributed by atoms with van der Waals surface area (Å²) < 4.78 is 16.3. The second-order valence-corrected chi connectivity index (χ2v) is 8.11. The standard InChI is InChI=1S/C24H24ClNO5/c1-29-20-10-14(11-21(30-2)24(20)31-3)16-12-22(28)26-18-8-13(9-19(27)23(16)18)15-6-4-5-7-17(15)25/h4-7,10-11,13,16H,8-9,12H2,1-3H3,(H,26,28)/t13-,16-/m1/s1. The number of carbonyl (C=O) groups is 2. The van der Waals surface area contributed by atoms with Gasteiger partial charge < -0.3 is 19.5 Å². The zero-order chi connectivity index (χ0) is 22.1. The molecule has 0 saturated carbocycles. The molecule has 0 unspecified atom stereocenters. The van der Waals surface area contributed by atoms with Crippen molar-refractivity contribution in [3.05, 3.63) is 63.8 Å². The van der Waals surface area contributed by atoms with Gasteiger partial charge in [0.25, 0.3) is 0 Å². The van der Waals surface area contributed by atoms with Crippen molar-refractivity contribution in [1.29, 1.82) is 0 Å². The smallest absolute Gasteiger partial charge is 0.225 e. The van der Waals surface area contributed by atoms with Crippen LogP contribution in [0.1, 0.15) is 42.2 Å². The van der Waals surface area contributed by atoms with Gasteiger partial charge in [-0.1, -0.05) is 29.8 Å². The Balaban J connectivity index is 1.77. The van der Waals surface area contributed by atoms with Crippen LogP contribution in [0, 0.1) is 0 Å². The lowest BCUT2D eigenvalue weighted by Crippen LogP contribution is -2.38. The molecule has 6 nitrogen and oxygen atoms in total. The summed E-state index contributed by atoms with van der Waals surface area (Å²) in [5.41, 5.74) is 3.03. The van der Waals surface area contributed by atoms with Gasteiger partial charge in [-0.3, -0.25) is 9.59 Å². The van der Waals surface area contributed by atoms with Crippen molar-refractivity contribution in [2.24, 2.45) is 0 Å². The van der Waals surface area contributed by atoms with Crippen molar-refractivity contribution in [3.8, 4) is 17.2 Å². The SMILES string of the molecule is COc1cc([C@H]2CC(=O)NC3=C2C(=O)C[C@H](c2ccccc2Cl)C3)cc(OC)c1OC. The monoisotopic (exact) mass is 441 g/mol. The number of amides is 1. The molecule has 0 radical (unpaired) electrons. The van der Waals surface area contributed by atoms with E-state index < -0.39 is 0 Å². The molecule has 1 aliphatic carbocycles. The first-order chi connectivity index (χ1) is 15.0. The first-order valence-electron chi connectivity index (χ1n) is 10.1. The summed E-state index contributed by atoms with van der Waals surface area (Å²) in [6.07, 6.45) is 1.08. The summed E-state index contributed by atoms with van der Waals surface area (Å²) in [4.78, 5) is 25.9. The second kappa shape index (κ2) is 8.63. The van der Waals surface area contributed by atoms with Crippen LogP contribution in [-0.4, -0.2) is 33.0 Å². The molecule has 2 aromatic carbocycles. The summed E-state index contributed by atoms with van der Waals surface area (Å²) in [6, 6.07) is 11.2.